The van der Waals surface area contributed by atoms with Crippen LogP contribution in [0, 0.1) is 0 Å². The van der Waals surface area contributed by atoms with Crippen LogP contribution in [0.5, 0.6) is 5.75 Å². The number of aryl methyl sites for hydroxylation is 1. The minimum Gasteiger partial charge on any atom is -0.494 e. The lowest BCUT2D eigenvalue weighted by molar-refractivity contribution is -0.141. The van der Waals surface area contributed by atoms with Gasteiger partial charge >= 0.3 is 0 Å². The number of carbonyl (C=O) groups is 1. The lowest BCUT2D eigenvalue weighted by atomic mass is 10.1. The van der Waals surface area contributed by atoms with Gasteiger partial charge in [-0.15, -0.1) is 0 Å². The summed E-state index contributed by atoms with van der Waals surface area (Å²) in [4.78, 5) is 13.4. The van der Waals surface area contributed by atoms with E-state index in [0.29, 0.717) is 19.5 Å². The molecule has 0 aliphatic carbocycles. The molecule has 2 rings (SSSR count). The average Bonchev–Trinajstić information content (AvgIpc) is 2.40. The summed E-state index contributed by atoms with van der Waals surface area (Å²) < 4.78 is 5.51. The first-order valence-electron chi connectivity index (χ1n) is 6.86. The summed E-state index contributed by atoms with van der Waals surface area (Å²) in [5.74, 6) is 0.999. The second-order valence-electron chi connectivity index (χ2n) is 4.94. The van der Waals surface area contributed by atoms with Crippen molar-refractivity contribution in [3.63, 3.8) is 0 Å². The molecule has 4 nitrogen and oxygen atoms in total. The maximum absolute atomic E-state index is 11.7. The van der Waals surface area contributed by atoms with Gasteiger partial charge in [0.15, 0.2) is 0 Å². The third-order valence-electron chi connectivity index (χ3n) is 3.24. The lowest BCUT2D eigenvalue weighted by Crippen LogP contribution is -2.53. The van der Waals surface area contributed by atoms with Gasteiger partial charge in [-0.2, -0.15) is 0 Å². The zero-order valence-corrected chi connectivity index (χ0v) is 11.3. The van der Waals surface area contributed by atoms with Gasteiger partial charge in [0.2, 0.25) is 5.91 Å². The summed E-state index contributed by atoms with van der Waals surface area (Å²) in [6.07, 6.45) is 1.92. The molecule has 19 heavy (non-hydrogen) atoms. The fourth-order valence-corrected chi connectivity index (χ4v) is 2.04. The van der Waals surface area contributed by atoms with Crippen molar-refractivity contribution in [2.45, 2.75) is 32.3 Å². The summed E-state index contributed by atoms with van der Waals surface area (Å²) in [6, 6.07) is 7.90. The third-order valence-corrected chi connectivity index (χ3v) is 3.24. The van der Waals surface area contributed by atoms with Crippen LogP contribution in [-0.4, -0.2) is 41.7 Å². The van der Waals surface area contributed by atoms with Gasteiger partial charge in [0.25, 0.3) is 0 Å². The molecular weight excluding hydrogens is 242 g/mol. The maximum Gasteiger partial charge on any atom is 0.223 e. The highest BCUT2D eigenvalue weighted by molar-refractivity contribution is 5.77. The normalized spacial score (nSPS) is 15.2. The van der Waals surface area contributed by atoms with Crippen LogP contribution in [0.1, 0.15) is 25.3 Å². The van der Waals surface area contributed by atoms with Crippen LogP contribution < -0.4 is 4.74 Å². The first-order valence-corrected chi connectivity index (χ1v) is 6.86. The van der Waals surface area contributed by atoms with Crippen molar-refractivity contribution in [3.8, 4) is 5.75 Å². The minimum atomic E-state index is -0.320. The van der Waals surface area contributed by atoms with E-state index in [0.717, 1.165) is 30.8 Å². The summed E-state index contributed by atoms with van der Waals surface area (Å²) in [5, 5.41) is 9.15. The van der Waals surface area contributed by atoms with Gasteiger partial charge < -0.3 is 14.7 Å². The molecule has 1 aromatic carbocycles. The van der Waals surface area contributed by atoms with E-state index < -0.39 is 0 Å². The van der Waals surface area contributed by atoms with Crippen LogP contribution in [0.15, 0.2) is 24.3 Å². The fraction of sp³-hybridized carbons (Fsp3) is 0.533. The molecule has 1 heterocycles. The number of ether oxygens (including phenoxy) is 1. The Labute approximate surface area is 114 Å². The molecule has 104 valence electrons. The lowest BCUT2D eigenvalue weighted by Gasteiger charge is -2.35. The molecule has 1 amide bonds. The Hall–Kier alpha value is -1.55. The third kappa shape index (κ3) is 3.96. The van der Waals surface area contributed by atoms with Gasteiger partial charge in [-0.3, -0.25) is 4.79 Å². The predicted molar refractivity (Wildman–Crippen MR) is 73.1 cm³/mol. The Morgan fingerprint density at radius 1 is 1.37 bits per heavy atom. The summed E-state index contributed by atoms with van der Waals surface area (Å²) in [6.45, 7) is 3.78. The van der Waals surface area contributed by atoms with E-state index in [2.05, 4.69) is 6.92 Å². The molecule has 4 heteroatoms. The molecule has 0 saturated carbocycles. The molecule has 1 fully saturated rings. The Morgan fingerprint density at radius 2 is 2.05 bits per heavy atom. The van der Waals surface area contributed by atoms with Crippen LogP contribution in [0.4, 0.5) is 0 Å². The van der Waals surface area contributed by atoms with E-state index in [-0.39, 0.29) is 12.0 Å². The van der Waals surface area contributed by atoms with Gasteiger partial charge in [-0.05, 0) is 30.5 Å². The molecule has 0 spiro atoms. The molecule has 0 unspecified atom stereocenters. The van der Waals surface area contributed by atoms with Gasteiger partial charge in [0.05, 0.1) is 12.7 Å². The van der Waals surface area contributed by atoms with Crippen LogP contribution >= 0.6 is 0 Å². The number of β-amino-alcohol motifs (C(OH)–C–C–N with tert-alkyl or cyclic N) is 1. The van der Waals surface area contributed by atoms with Crippen molar-refractivity contribution < 1.29 is 14.6 Å². The quantitative estimate of drug-likeness (QED) is 0.848. The van der Waals surface area contributed by atoms with E-state index in [1.807, 2.05) is 24.3 Å². The maximum atomic E-state index is 11.7. The molecule has 1 saturated heterocycles. The summed E-state index contributed by atoms with van der Waals surface area (Å²) >= 11 is 0. The molecule has 0 aromatic heterocycles. The van der Waals surface area contributed by atoms with Crippen LogP contribution in [0.25, 0.3) is 0 Å². The van der Waals surface area contributed by atoms with Crippen LogP contribution in [0.2, 0.25) is 0 Å². The van der Waals surface area contributed by atoms with Gasteiger partial charge in [0.1, 0.15) is 5.75 Å². The molecule has 0 radical (unpaired) electrons. The topological polar surface area (TPSA) is 49.8 Å². The van der Waals surface area contributed by atoms with Crippen molar-refractivity contribution in [1.82, 2.24) is 4.90 Å². The van der Waals surface area contributed by atoms with E-state index in [9.17, 15) is 4.79 Å². The van der Waals surface area contributed by atoms with E-state index in [1.165, 1.54) is 0 Å². The number of hydrogen-bond acceptors (Lipinski definition) is 3. The zero-order valence-electron chi connectivity index (χ0n) is 11.3. The standard InChI is InChI=1S/C15H21NO3/c1-2-9-19-14-6-3-12(4-7-14)5-8-15(18)16-10-13(17)11-16/h3-4,6-7,13,17H,2,5,8-11H2,1H3. The summed E-state index contributed by atoms with van der Waals surface area (Å²) in [5.41, 5.74) is 1.14. The number of rotatable bonds is 6. The number of benzene rings is 1. The van der Waals surface area contributed by atoms with Gasteiger partial charge in [-0.25, -0.2) is 0 Å². The minimum absolute atomic E-state index is 0.122. The molecule has 1 aromatic rings. The number of nitrogens with zero attached hydrogens (tertiary/aromatic N) is 1. The second-order valence-corrected chi connectivity index (χ2v) is 4.94. The van der Waals surface area contributed by atoms with Crippen molar-refractivity contribution >= 4 is 5.91 Å². The molecule has 0 atom stereocenters. The number of hydrogen-bond donors (Lipinski definition) is 1. The van der Waals surface area contributed by atoms with Crippen molar-refractivity contribution in [1.29, 1.82) is 0 Å². The van der Waals surface area contributed by atoms with Crippen molar-refractivity contribution in [2.75, 3.05) is 19.7 Å². The molecule has 1 aliphatic heterocycles. The average molecular weight is 263 g/mol. The number of likely N-dealkylation sites (tertiary alicyclic amines) is 1. The van der Waals surface area contributed by atoms with Crippen LogP contribution in [0.3, 0.4) is 0 Å². The highest BCUT2D eigenvalue weighted by Crippen LogP contribution is 2.15. The highest BCUT2D eigenvalue weighted by Gasteiger charge is 2.27. The van der Waals surface area contributed by atoms with E-state index >= 15 is 0 Å². The van der Waals surface area contributed by atoms with Crippen LogP contribution in [-0.2, 0) is 11.2 Å². The Kier molecular flexibility index (Phi) is 4.80. The Morgan fingerprint density at radius 3 is 2.63 bits per heavy atom. The monoisotopic (exact) mass is 263 g/mol. The first kappa shape index (κ1) is 13.9. The van der Waals surface area contributed by atoms with Gasteiger partial charge in [-0.1, -0.05) is 19.1 Å². The van der Waals surface area contributed by atoms with Crippen molar-refractivity contribution in [3.05, 3.63) is 29.8 Å². The Balaban J connectivity index is 1.75. The number of carbonyl (C=O) groups excluding carboxylic acids is 1. The van der Waals surface area contributed by atoms with Crippen molar-refractivity contribution in [2.24, 2.45) is 0 Å². The smallest absolute Gasteiger partial charge is 0.223 e. The first-order chi connectivity index (χ1) is 9.19. The van der Waals surface area contributed by atoms with E-state index in [1.54, 1.807) is 4.90 Å². The predicted octanol–water partition coefficient (Wildman–Crippen LogP) is 1.61. The molecule has 0 bridgehead atoms. The summed E-state index contributed by atoms with van der Waals surface area (Å²) in [7, 11) is 0. The zero-order chi connectivity index (χ0) is 13.7. The fourth-order valence-electron chi connectivity index (χ4n) is 2.04. The number of amides is 1. The molecule has 1 N–H and O–H groups in total. The van der Waals surface area contributed by atoms with E-state index in [4.69, 9.17) is 9.84 Å². The number of aliphatic hydroxyl groups is 1. The van der Waals surface area contributed by atoms with Gasteiger partial charge in [0, 0.05) is 19.5 Å². The highest BCUT2D eigenvalue weighted by atomic mass is 16.5. The Bertz CT molecular complexity index is 410. The molecular formula is C15H21NO3. The largest absolute Gasteiger partial charge is 0.494 e. The number of aliphatic hydroxyl groups excluding tert-OH is 1. The SMILES string of the molecule is CCCOc1ccc(CCC(=O)N2CC(O)C2)cc1. The molecule has 1 aliphatic rings. The second kappa shape index (κ2) is 6.57.